The van der Waals surface area contributed by atoms with Crippen LogP contribution in [0.2, 0.25) is 0 Å². The third-order valence-electron chi connectivity index (χ3n) is 2.26. The molecule has 0 fully saturated rings. The van der Waals surface area contributed by atoms with Crippen molar-refractivity contribution < 1.29 is 14.4 Å². The number of hydrogen-bond donors (Lipinski definition) is 2. The fourth-order valence-corrected chi connectivity index (χ4v) is 2.25. The van der Waals surface area contributed by atoms with Gasteiger partial charge in [0.1, 0.15) is 5.82 Å². The largest absolute Gasteiger partial charge is 0.289 e. The number of hydroxylamine groups is 1. The molecule has 1 aromatic rings. The third kappa shape index (κ3) is 6.28. The number of hydrogen-bond acceptors (Lipinski definition) is 3. The van der Waals surface area contributed by atoms with Gasteiger partial charge in [-0.1, -0.05) is 6.42 Å². The van der Waals surface area contributed by atoms with Crippen molar-refractivity contribution >= 4 is 17.7 Å². The number of amides is 1. The topological polar surface area (TPSA) is 49.3 Å². The van der Waals surface area contributed by atoms with Gasteiger partial charge in [-0.25, -0.2) is 9.87 Å². The van der Waals surface area contributed by atoms with E-state index in [9.17, 15) is 9.18 Å². The molecule has 0 aliphatic heterocycles. The van der Waals surface area contributed by atoms with Crippen LogP contribution in [-0.2, 0) is 4.79 Å². The van der Waals surface area contributed by atoms with Gasteiger partial charge in [-0.3, -0.25) is 10.0 Å². The molecule has 94 valence electrons. The van der Waals surface area contributed by atoms with E-state index in [1.807, 2.05) is 0 Å². The molecular formula is C12H16FNO2S. The first-order valence-electron chi connectivity index (χ1n) is 5.53. The van der Waals surface area contributed by atoms with Crippen molar-refractivity contribution in [1.29, 1.82) is 0 Å². The van der Waals surface area contributed by atoms with Crippen LogP contribution >= 0.6 is 11.8 Å². The van der Waals surface area contributed by atoms with Gasteiger partial charge in [0.2, 0.25) is 5.91 Å². The van der Waals surface area contributed by atoms with Crippen LogP contribution in [0.25, 0.3) is 0 Å². The number of carbonyl (C=O) groups excluding carboxylic acids is 1. The van der Waals surface area contributed by atoms with E-state index in [1.165, 1.54) is 12.1 Å². The minimum absolute atomic E-state index is 0.218. The average Bonchev–Trinajstić information content (AvgIpc) is 2.35. The molecule has 0 atom stereocenters. The molecule has 1 rings (SSSR count). The number of benzene rings is 1. The smallest absolute Gasteiger partial charge is 0.243 e. The standard InChI is InChI=1S/C12H16FNO2S/c13-10-5-7-11(8-6-10)17-9-3-1-2-4-12(15)14-16/h5-8,16H,1-4,9H2,(H,14,15). The molecule has 0 aliphatic carbocycles. The summed E-state index contributed by atoms with van der Waals surface area (Å²) in [5.74, 6) is 0.396. The minimum Gasteiger partial charge on any atom is -0.289 e. The fraction of sp³-hybridized carbons (Fsp3) is 0.417. The Hall–Kier alpha value is -1.07. The zero-order valence-electron chi connectivity index (χ0n) is 9.49. The molecule has 17 heavy (non-hydrogen) atoms. The SMILES string of the molecule is O=C(CCCCCSc1ccc(F)cc1)NO. The molecule has 0 bridgehead atoms. The Morgan fingerprint density at radius 1 is 1.24 bits per heavy atom. The molecule has 0 heterocycles. The van der Waals surface area contributed by atoms with Crippen molar-refractivity contribution in [3.8, 4) is 0 Å². The number of unbranched alkanes of at least 4 members (excludes halogenated alkanes) is 2. The van der Waals surface area contributed by atoms with Crippen LogP contribution < -0.4 is 5.48 Å². The molecule has 0 saturated carbocycles. The quantitative estimate of drug-likeness (QED) is 0.342. The van der Waals surface area contributed by atoms with Crippen molar-refractivity contribution in [3.05, 3.63) is 30.1 Å². The Labute approximate surface area is 104 Å². The van der Waals surface area contributed by atoms with E-state index in [4.69, 9.17) is 5.21 Å². The van der Waals surface area contributed by atoms with Gasteiger partial charge in [0.05, 0.1) is 0 Å². The minimum atomic E-state index is -0.337. The van der Waals surface area contributed by atoms with Crippen LogP contribution in [0.1, 0.15) is 25.7 Å². The van der Waals surface area contributed by atoms with E-state index < -0.39 is 0 Å². The first kappa shape index (κ1) is 14.0. The second-order valence-corrected chi connectivity index (χ2v) is 4.82. The number of halogens is 1. The summed E-state index contributed by atoms with van der Waals surface area (Å²) in [5.41, 5.74) is 1.61. The molecule has 1 aromatic carbocycles. The van der Waals surface area contributed by atoms with E-state index in [0.29, 0.717) is 6.42 Å². The molecule has 0 unspecified atom stereocenters. The van der Waals surface area contributed by atoms with Gasteiger partial charge in [0.25, 0.3) is 0 Å². The van der Waals surface area contributed by atoms with Crippen molar-refractivity contribution in [2.45, 2.75) is 30.6 Å². The second-order valence-electron chi connectivity index (χ2n) is 3.65. The number of thioether (sulfide) groups is 1. The molecule has 2 N–H and O–H groups in total. The summed E-state index contributed by atoms with van der Waals surface area (Å²) in [5, 5.41) is 8.27. The predicted molar refractivity (Wildman–Crippen MR) is 65.5 cm³/mol. The first-order chi connectivity index (χ1) is 8.22. The van der Waals surface area contributed by atoms with Crippen LogP contribution in [0.4, 0.5) is 4.39 Å². The Balaban J connectivity index is 2.04. The third-order valence-corrected chi connectivity index (χ3v) is 3.35. The molecule has 0 radical (unpaired) electrons. The normalized spacial score (nSPS) is 10.2. The Kier molecular flexibility index (Phi) is 6.65. The number of nitrogens with one attached hydrogen (secondary N) is 1. The Bertz CT molecular complexity index is 343. The average molecular weight is 257 g/mol. The van der Waals surface area contributed by atoms with E-state index in [0.717, 1.165) is 29.9 Å². The van der Waals surface area contributed by atoms with Gasteiger partial charge in [0, 0.05) is 11.3 Å². The maximum absolute atomic E-state index is 12.6. The molecule has 0 saturated heterocycles. The zero-order valence-corrected chi connectivity index (χ0v) is 10.3. The van der Waals surface area contributed by atoms with Crippen LogP contribution in [0.15, 0.2) is 29.2 Å². The lowest BCUT2D eigenvalue weighted by atomic mass is 10.2. The molecule has 3 nitrogen and oxygen atoms in total. The number of carbonyl (C=O) groups is 1. The zero-order chi connectivity index (χ0) is 12.5. The van der Waals surface area contributed by atoms with E-state index in [2.05, 4.69) is 0 Å². The summed E-state index contributed by atoms with van der Waals surface area (Å²) in [4.78, 5) is 11.8. The van der Waals surface area contributed by atoms with Crippen molar-refractivity contribution in [1.82, 2.24) is 5.48 Å². The van der Waals surface area contributed by atoms with Gasteiger partial charge in [0.15, 0.2) is 0 Å². The summed E-state index contributed by atoms with van der Waals surface area (Å²) in [6.45, 7) is 0. The van der Waals surface area contributed by atoms with Gasteiger partial charge in [-0.15, -0.1) is 11.8 Å². The lowest BCUT2D eigenvalue weighted by Gasteiger charge is -2.02. The van der Waals surface area contributed by atoms with E-state index in [1.54, 1.807) is 29.4 Å². The van der Waals surface area contributed by atoms with Gasteiger partial charge in [-0.2, -0.15) is 0 Å². The lowest BCUT2D eigenvalue weighted by molar-refractivity contribution is -0.129. The maximum atomic E-state index is 12.6. The molecule has 0 aromatic heterocycles. The van der Waals surface area contributed by atoms with Crippen molar-refractivity contribution in [2.24, 2.45) is 0 Å². The lowest BCUT2D eigenvalue weighted by Crippen LogP contribution is -2.17. The first-order valence-corrected chi connectivity index (χ1v) is 6.52. The highest BCUT2D eigenvalue weighted by Gasteiger charge is 1.99. The van der Waals surface area contributed by atoms with Crippen LogP contribution in [-0.4, -0.2) is 16.9 Å². The van der Waals surface area contributed by atoms with E-state index in [-0.39, 0.29) is 11.7 Å². The summed E-state index contributed by atoms with van der Waals surface area (Å²) in [6, 6.07) is 6.43. The summed E-state index contributed by atoms with van der Waals surface area (Å²) < 4.78 is 12.6. The van der Waals surface area contributed by atoms with Gasteiger partial charge >= 0.3 is 0 Å². The highest BCUT2D eigenvalue weighted by atomic mass is 32.2. The summed E-state index contributed by atoms with van der Waals surface area (Å²) >= 11 is 1.68. The maximum Gasteiger partial charge on any atom is 0.243 e. The summed E-state index contributed by atoms with van der Waals surface area (Å²) in [6.07, 6.45) is 3.08. The fourth-order valence-electron chi connectivity index (χ4n) is 1.34. The van der Waals surface area contributed by atoms with Crippen LogP contribution in [0, 0.1) is 5.82 Å². The predicted octanol–water partition coefficient (Wildman–Crippen LogP) is 2.98. The number of rotatable bonds is 7. The van der Waals surface area contributed by atoms with Crippen molar-refractivity contribution in [3.63, 3.8) is 0 Å². The molecule has 5 heteroatoms. The molecule has 0 spiro atoms. The van der Waals surface area contributed by atoms with Crippen LogP contribution in [0.3, 0.4) is 0 Å². The van der Waals surface area contributed by atoms with Crippen LogP contribution in [0.5, 0.6) is 0 Å². The molecule has 1 amide bonds. The Morgan fingerprint density at radius 3 is 2.59 bits per heavy atom. The van der Waals surface area contributed by atoms with Gasteiger partial charge < -0.3 is 0 Å². The molecule has 0 aliphatic rings. The van der Waals surface area contributed by atoms with E-state index >= 15 is 0 Å². The molecular weight excluding hydrogens is 241 g/mol. The van der Waals surface area contributed by atoms with Gasteiger partial charge in [-0.05, 0) is 42.9 Å². The highest BCUT2D eigenvalue weighted by Crippen LogP contribution is 2.19. The monoisotopic (exact) mass is 257 g/mol. The second kappa shape index (κ2) is 8.08. The summed E-state index contributed by atoms with van der Waals surface area (Å²) in [7, 11) is 0. The van der Waals surface area contributed by atoms with Crippen molar-refractivity contribution in [2.75, 3.05) is 5.75 Å². The Morgan fingerprint density at radius 2 is 1.94 bits per heavy atom. The highest BCUT2D eigenvalue weighted by molar-refractivity contribution is 7.99.